The Hall–Kier alpha value is -3.40. The van der Waals surface area contributed by atoms with Crippen LogP contribution in [0.2, 0.25) is 0 Å². The fraction of sp³-hybridized carbons (Fsp3) is 0.538. The number of carboxylic acids is 1. The summed E-state index contributed by atoms with van der Waals surface area (Å²) in [5.74, 6) is -0.598. The van der Waals surface area contributed by atoms with Crippen molar-refractivity contribution in [1.29, 1.82) is 0 Å². The quantitative estimate of drug-likeness (QED) is 0.405. The molecule has 2 aromatic rings. The number of aliphatic carboxylic acids is 1. The SMILES string of the molecule is CCC(CC(=O)O)c1ccc(N(CC(C)C)C2CCOCC2)c(NC(=O)Nc2cnc(OC)nc2)c1. The zero-order valence-corrected chi connectivity index (χ0v) is 21.5. The number of nitrogens with one attached hydrogen (secondary N) is 2. The molecule has 1 aromatic heterocycles. The van der Waals surface area contributed by atoms with Gasteiger partial charge in [-0.15, -0.1) is 0 Å². The van der Waals surface area contributed by atoms with Gasteiger partial charge in [0, 0.05) is 25.8 Å². The van der Waals surface area contributed by atoms with Gasteiger partial charge in [-0.2, -0.15) is 0 Å². The maximum atomic E-state index is 13.0. The van der Waals surface area contributed by atoms with Gasteiger partial charge in [-0.1, -0.05) is 26.8 Å². The fourth-order valence-electron chi connectivity index (χ4n) is 4.47. The summed E-state index contributed by atoms with van der Waals surface area (Å²) in [6.45, 7) is 8.54. The standard InChI is InChI=1S/C26H37N5O5/c1-5-18(13-24(32)33)19-6-7-23(31(16-17(2)3)21-8-10-36-11-9-21)22(12-19)30-25(34)29-20-14-27-26(35-4)28-15-20/h6-7,12,14-15,17-18,21H,5,8-11,13,16H2,1-4H3,(H,32,33)(H2,29,30,34). The number of rotatable bonds is 11. The number of methoxy groups -OCH3 is 1. The van der Waals surface area contributed by atoms with Crippen LogP contribution in [-0.4, -0.2) is 60.0 Å². The van der Waals surface area contributed by atoms with Gasteiger partial charge in [0.05, 0.1) is 43.0 Å². The zero-order valence-electron chi connectivity index (χ0n) is 21.5. The first-order chi connectivity index (χ1) is 17.3. The number of anilines is 3. The number of ether oxygens (including phenoxy) is 2. The number of carbonyl (C=O) groups is 2. The van der Waals surface area contributed by atoms with Crippen LogP contribution in [0.1, 0.15) is 57.9 Å². The number of nitrogens with zero attached hydrogens (tertiary/aromatic N) is 3. The lowest BCUT2D eigenvalue weighted by atomic mass is 9.92. The molecular formula is C26H37N5O5. The average molecular weight is 500 g/mol. The van der Waals surface area contributed by atoms with Gasteiger partial charge in [-0.25, -0.2) is 14.8 Å². The molecule has 2 heterocycles. The predicted molar refractivity (Wildman–Crippen MR) is 139 cm³/mol. The lowest BCUT2D eigenvalue weighted by Gasteiger charge is -2.38. The zero-order chi connectivity index (χ0) is 26.1. The lowest BCUT2D eigenvalue weighted by Crippen LogP contribution is -2.42. The molecule has 1 fully saturated rings. The smallest absolute Gasteiger partial charge is 0.323 e. The summed E-state index contributed by atoms with van der Waals surface area (Å²) in [5, 5.41) is 15.1. The number of hydrogen-bond donors (Lipinski definition) is 3. The molecule has 0 bridgehead atoms. The predicted octanol–water partition coefficient (Wildman–Crippen LogP) is 4.74. The molecule has 0 aliphatic carbocycles. The van der Waals surface area contributed by atoms with Crippen LogP contribution in [0.5, 0.6) is 6.01 Å². The molecule has 1 saturated heterocycles. The van der Waals surface area contributed by atoms with E-state index in [0.717, 1.165) is 30.6 Å². The molecule has 1 aromatic carbocycles. The van der Waals surface area contributed by atoms with Gasteiger partial charge >= 0.3 is 18.0 Å². The van der Waals surface area contributed by atoms with Crippen molar-refractivity contribution in [2.45, 2.75) is 58.4 Å². The number of amides is 2. The monoisotopic (exact) mass is 499 g/mol. The second-order valence-corrected chi connectivity index (χ2v) is 9.41. The maximum Gasteiger partial charge on any atom is 0.323 e. The molecule has 10 heteroatoms. The van der Waals surface area contributed by atoms with Crippen LogP contribution in [-0.2, 0) is 9.53 Å². The molecule has 2 amide bonds. The minimum Gasteiger partial charge on any atom is -0.481 e. The summed E-state index contributed by atoms with van der Waals surface area (Å²) in [4.78, 5) is 34.8. The van der Waals surface area contributed by atoms with Crippen molar-refractivity contribution in [3.05, 3.63) is 36.2 Å². The molecular weight excluding hydrogens is 462 g/mol. The van der Waals surface area contributed by atoms with E-state index in [1.165, 1.54) is 19.5 Å². The van der Waals surface area contributed by atoms with E-state index in [2.05, 4.69) is 39.3 Å². The van der Waals surface area contributed by atoms with Crippen molar-refractivity contribution in [1.82, 2.24) is 9.97 Å². The largest absolute Gasteiger partial charge is 0.481 e. The number of benzene rings is 1. The Morgan fingerprint density at radius 2 is 1.89 bits per heavy atom. The summed E-state index contributed by atoms with van der Waals surface area (Å²) < 4.78 is 10.6. The topological polar surface area (TPSA) is 126 Å². The van der Waals surface area contributed by atoms with E-state index in [1.807, 2.05) is 25.1 Å². The van der Waals surface area contributed by atoms with Crippen LogP contribution in [0.3, 0.4) is 0 Å². The molecule has 0 spiro atoms. The van der Waals surface area contributed by atoms with Crippen LogP contribution in [0.15, 0.2) is 30.6 Å². The van der Waals surface area contributed by atoms with E-state index >= 15 is 0 Å². The third-order valence-electron chi connectivity index (χ3n) is 6.23. The first kappa shape index (κ1) is 27.2. The van der Waals surface area contributed by atoms with E-state index < -0.39 is 12.0 Å². The Morgan fingerprint density at radius 1 is 1.19 bits per heavy atom. The number of carboxylic acid groups (broad SMARTS) is 1. The van der Waals surface area contributed by atoms with E-state index in [1.54, 1.807) is 0 Å². The highest BCUT2D eigenvalue weighted by Gasteiger charge is 2.26. The molecule has 0 radical (unpaired) electrons. The highest BCUT2D eigenvalue weighted by atomic mass is 16.5. The molecule has 10 nitrogen and oxygen atoms in total. The highest BCUT2D eigenvalue weighted by Crippen LogP contribution is 2.35. The minimum absolute atomic E-state index is 0.0281. The van der Waals surface area contributed by atoms with Gasteiger partial charge in [0.25, 0.3) is 0 Å². The van der Waals surface area contributed by atoms with E-state index in [-0.39, 0.29) is 24.4 Å². The number of urea groups is 1. The van der Waals surface area contributed by atoms with Crippen molar-refractivity contribution in [2.24, 2.45) is 5.92 Å². The third kappa shape index (κ3) is 7.55. The summed E-state index contributed by atoms with van der Waals surface area (Å²) in [6.07, 6.45) is 5.45. The Kier molecular flexibility index (Phi) is 9.86. The molecule has 1 aliphatic heterocycles. The first-order valence-electron chi connectivity index (χ1n) is 12.4. The second kappa shape index (κ2) is 13.1. The highest BCUT2D eigenvalue weighted by molar-refractivity contribution is 6.01. The summed E-state index contributed by atoms with van der Waals surface area (Å²) >= 11 is 0. The Bertz CT molecular complexity index is 1010. The maximum absolute atomic E-state index is 13.0. The molecule has 1 atom stereocenters. The van der Waals surface area contributed by atoms with Gasteiger partial charge in [0.2, 0.25) is 0 Å². The number of hydrogen-bond acceptors (Lipinski definition) is 7. The molecule has 196 valence electrons. The molecule has 1 unspecified atom stereocenters. The average Bonchev–Trinajstić information content (AvgIpc) is 2.86. The van der Waals surface area contributed by atoms with Crippen molar-refractivity contribution >= 4 is 29.1 Å². The van der Waals surface area contributed by atoms with Gasteiger partial charge in [0.1, 0.15) is 0 Å². The second-order valence-electron chi connectivity index (χ2n) is 9.41. The van der Waals surface area contributed by atoms with Crippen LogP contribution in [0.25, 0.3) is 0 Å². The van der Waals surface area contributed by atoms with Crippen molar-refractivity contribution in [3.8, 4) is 6.01 Å². The number of aromatic nitrogens is 2. The van der Waals surface area contributed by atoms with Gasteiger partial charge in [-0.3, -0.25) is 4.79 Å². The minimum atomic E-state index is -0.846. The molecule has 1 aliphatic rings. The van der Waals surface area contributed by atoms with Gasteiger partial charge < -0.3 is 30.1 Å². The van der Waals surface area contributed by atoms with Crippen LogP contribution >= 0.6 is 0 Å². The Balaban J connectivity index is 1.94. The van der Waals surface area contributed by atoms with E-state index in [9.17, 15) is 14.7 Å². The van der Waals surface area contributed by atoms with Crippen molar-refractivity contribution in [3.63, 3.8) is 0 Å². The van der Waals surface area contributed by atoms with E-state index in [0.29, 0.717) is 36.9 Å². The first-order valence-corrected chi connectivity index (χ1v) is 12.4. The molecule has 0 saturated carbocycles. The fourth-order valence-corrected chi connectivity index (χ4v) is 4.47. The molecule has 36 heavy (non-hydrogen) atoms. The van der Waals surface area contributed by atoms with Gasteiger partial charge in [-0.05, 0) is 48.8 Å². The molecule has 3 N–H and O–H groups in total. The van der Waals surface area contributed by atoms with E-state index in [4.69, 9.17) is 9.47 Å². The molecule has 3 rings (SSSR count). The van der Waals surface area contributed by atoms with Crippen LogP contribution in [0, 0.1) is 5.92 Å². The third-order valence-corrected chi connectivity index (χ3v) is 6.23. The Labute approximate surface area is 212 Å². The number of carbonyl (C=O) groups excluding carboxylic acids is 1. The van der Waals surface area contributed by atoms with Crippen molar-refractivity contribution < 1.29 is 24.2 Å². The van der Waals surface area contributed by atoms with Gasteiger partial charge in [0.15, 0.2) is 0 Å². The summed E-state index contributed by atoms with van der Waals surface area (Å²) in [6, 6.07) is 5.95. The lowest BCUT2D eigenvalue weighted by molar-refractivity contribution is -0.137. The van der Waals surface area contributed by atoms with Crippen LogP contribution < -0.4 is 20.3 Å². The summed E-state index contributed by atoms with van der Waals surface area (Å²) in [5.41, 5.74) is 2.84. The normalized spacial score (nSPS) is 14.8. The van der Waals surface area contributed by atoms with Crippen molar-refractivity contribution in [2.75, 3.05) is 42.4 Å². The van der Waals surface area contributed by atoms with Crippen LogP contribution in [0.4, 0.5) is 21.9 Å². The summed E-state index contributed by atoms with van der Waals surface area (Å²) in [7, 11) is 1.47. The Morgan fingerprint density at radius 3 is 2.47 bits per heavy atom.